The molecule has 2 amide bonds. The Balaban J connectivity index is 1.51. The molecule has 0 saturated heterocycles. The van der Waals surface area contributed by atoms with Crippen molar-refractivity contribution in [2.24, 2.45) is 0 Å². The van der Waals surface area contributed by atoms with Crippen LogP contribution in [0, 0.1) is 4.77 Å². The van der Waals surface area contributed by atoms with E-state index in [2.05, 4.69) is 15.8 Å². The number of benzene rings is 3. The minimum atomic E-state index is -0.419. The Morgan fingerprint density at radius 3 is 2.15 bits per heavy atom. The summed E-state index contributed by atoms with van der Waals surface area (Å²) in [7, 11) is 1.58. The number of nitrogens with zero attached hydrogens (tertiary/aromatic N) is 3. The first kappa shape index (κ1) is 22.9. The second kappa shape index (κ2) is 10.6. The van der Waals surface area contributed by atoms with Gasteiger partial charge in [-0.25, -0.2) is 4.68 Å². The lowest BCUT2D eigenvalue weighted by molar-refractivity contribution is -0.129. The molecule has 34 heavy (non-hydrogen) atoms. The predicted molar refractivity (Wildman–Crippen MR) is 131 cm³/mol. The predicted octanol–water partition coefficient (Wildman–Crippen LogP) is 3.47. The molecule has 8 nitrogen and oxygen atoms in total. The summed E-state index contributed by atoms with van der Waals surface area (Å²) < 4.78 is 8.84. The zero-order valence-corrected chi connectivity index (χ0v) is 19.3. The molecule has 0 aliphatic carbocycles. The Kier molecular flexibility index (Phi) is 7.14. The van der Waals surface area contributed by atoms with E-state index in [4.69, 9.17) is 17.0 Å². The number of nitrogens with one attached hydrogen (secondary N) is 2. The maximum Gasteiger partial charge on any atom is 0.260 e. The van der Waals surface area contributed by atoms with Gasteiger partial charge in [0.25, 0.3) is 5.91 Å². The van der Waals surface area contributed by atoms with Crippen molar-refractivity contribution < 1.29 is 14.3 Å². The van der Waals surface area contributed by atoms with Gasteiger partial charge in [0.05, 0.1) is 19.2 Å². The quantitative estimate of drug-likeness (QED) is 0.317. The molecule has 4 rings (SSSR count). The molecule has 0 bridgehead atoms. The van der Waals surface area contributed by atoms with E-state index in [0.29, 0.717) is 16.3 Å². The average molecular weight is 474 g/mol. The number of hydrazine groups is 1. The Morgan fingerprint density at radius 2 is 1.50 bits per heavy atom. The lowest BCUT2D eigenvalue weighted by Gasteiger charge is -2.15. The Labute approximate surface area is 201 Å². The highest BCUT2D eigenvalue weighted by atomic mass is 32.1. The first-order chi connectivity index (χ1) is 16.5. The van der Waals surface area contributed by atoms with Crippen molar-refractivity contribution in [1.29, 1.82) is 0 Å². The number of methoxy groups -OCH3 is 1. The van der Waals surface area contributed by atoms with Gasteiger partial charge >= 0.3 is 0 Å². The molecular formula is C25H23N5O3S. The molecule has 0 spiro atoms. The van der Waals surface area contributed by atoms with Gasteiger partial charge in [-0.05, 0) is 42.0 Å². The lowest BCUT2D eigenvalue weighted by Crippen LogP contribution is -2.44. The summed E-state index contributed by atoms with van der Waals surface area (Å²) in [5.74, 6) is 0.499. The van der Waals surface area contributed by atoms with E-state index in [9.17, 15) is 9.59 Å². The van der Waals surface area contributed by atoms with Crippen LogP contribution in [-0.4, -0.2) is 33.3 Å². The van der Waals surface area contributed by atoms with E-state index in [0.717, 1.165) is 16.8 Å². The SMILES string of the molecule is COc1ccc(CC(=O)NNC(=O)Cn2c(-c3ccccc3)nc(=S)n2-c2ccccc2)cc1. The number of carbonyl (C=O) groups excluding carboxylic acids is 2. The minimum absolute atomic E-state index is 0.106. The standard InChI is InChI=1S/C25H23N5O3S/c1-33-21-14-12-18(13-15-21)16-22(31)27-28-23(32)17-29-24(19-8-4-2-5-9-19)26-25(34)30(29)20-10-6-3-7-11-20/h2-15H,16-17H2,1H3,(H,27,31)(H,28,32). The van der Waals surface area contributed by atoms with Crippen LogP contribution in [-0.2, 0) is 22.6 Å². The van der Waals surface area contributed by atoms with Crippen molar-refractivity contribution in [3.63, 3.8) is 0 Å². The lowest BCUT2D eigenvalue weighted by atomic mass is 10.1. The van der Waals surface area contributed by atoms with Gasteiger partial charge < -0.3 is 4.74 Å². The van der Waals surface area contributed by atoms with E-state index in [-0.39, 0.29) is 18.9 Å². The van der Waals surface area contributed by atoms with Crippen LogP contribution in [0.4, 0.5) is 0 Å². The summed E-state index contributed by atoms with van der Waals surface area (Å²) in [6, 6.07) is 26.1. The highest BCUT2D eigenvalue weighted by Gasteiger charge is 2.17. The molecule has 0 aliphatic rings. The summed E-state index contributed by atoms with van der Waals surface area (Å²) in [4.78, 5) is 29.6. The molecule has 3 aromatic carbocycles. The molecule has 1 heterocycles. The van der Waals surface area contributed by atoms with Crippen molar-refractivity contribution in [1.82, 2.24) is 25.2 Å². The fourth-order valence-electron chi connectivity index (χ4n) is 3.45. The number of hydrogen-bond acceptors (Lipinski definition) is 5. The van der Waals surface area contributed by atoms with Gasteiger partial charge in [0.1, 0.15) is 12.3 Å². The number of aromatic nitrogens is 3. The summed E-state index contributed by atoms with van der Waals surface area (Å²) in [5, 5.41) is 0. The monoisotopic (exact) mass is 473 g/mol. The molecule has 0 unspecified atom stereocenters. The van der Waals surface area contributed by atoms with Gasteiger partial charge in [0.15, 0.2) is 5.82 Å². The Hall–Kier alpha value is -4.24. The van der Waals surface area contributed by atoms with Crippen LogP contribution in [0.2, 0.25) is 0 Å². The zero-order chi connectivity index (χ0) is 23.9. The third kappa shape index (κ3) is 5.38. The second-order valence-electron chi connectivity index (χ2n) is 7.41. The van der Waals surface area contributed by atoms with E-state index < -0.39 is 5.91 Å². The molecule has 0 saturated carbocycles. The number of rotatable bonds is 7. The van der Waals surface area contributed by atoms with Crippen LogP contribution < -0.4 is 15.6 Å². The molecule has 1 aromatic heterocycles. The van der Waals surface area contributed by atoms with Crippen molar-refractivity contribution in [3.05, 3.63) is 95.3 Å². The molecule has 0 atom stereocenters. The van der Waals surface area contributed by atoms with Crippen LogP contribution in [0.25, 0.3) is 17.1 Å². The number of ether oxygens (including phenoxy) is 1. The van der Waals surface area contributed by atoms with Gasteiger partial charge in [-0.15, -0.1) is 0 Å². The fourth-order valence-corrected chi connectivity index (χ4v) is 3.74. The summed E-state index contributed by atoms with van der Waals surface area (Å²) >= 11 is 5.51. The largest absolute Gasteiger partial charge is 0.497 e. The van der Waals surface area contributed by atoms with Crippen LogP contribution in [0.5, 0.6) is 5.75 Å². The Morgan fingerprint density at radius 1 is 0.882 bits per heavy atom. The minimum Gasteiger partial charge on any atom is -0.497 e. The first-order valence-corrected chi connectivity index (χ1v) is 11.0. The molecule has 0 fully saturated rings. The number of amides is 2. The molecule has 172 valence electrons. The normalized spacial score (nSPS) is 10.5. The first-order valence-electron chi connectivity index (χ1n) is 10.6. The van der Waals surface area contributed by atoms with Crippen molar-refractivity contribution in [2.45, 2.75) is 13.0 Å². The van der Waals surface area contributed by atoms with Crippen LogP contribution in [0.15, 0.2) is 84.9 Å². The summed E-state index contributed by atoms with van der Waals surface area (Å²) in [6.45, 7) is -0.106. The van der Waals surface area contributed by atoms with E-state index >= 15 is 0 Å². The van der Waals surface area contributed by atoms with Gasteiger partial charge in [0.2, 0.25) is 10.7 Å². The van der Waals surface area contributed by atoms with Crippen molar-refractivity contribution in [3.8, 4) is 22.8 Å². The molecule has 9 heteroatoms. The maximum atomic E-state index is 12.8. The van der Waals surface area contributed by atoms with Gasteiger partial charge in [-0.3, -0.25) is 25.1 Å². The third-order valence-corrected chi connectivity index (χ3v) is 5.32. The van der Waals surface area contributed by atoms with Gasteiger partial charge in [0, 0.05) is 5.56 Å². The van der Waals surface area contributed by atoms with Crippen LogP contribution in [0.1, 0.15) is 5.56 Å². The molecule has 2 N–H and O–H groups in total. The highest BCUT2D eigenvalue weighted by Crippen LogP contribution is 2.20. The van der Waals surface area contributed by atoms with Crippen LogP contribution >= 0.6 is 12.2 Å². The topological polar surface area (TPSA) is 90.2 Å². The summed E-state index contributed by atoms with van der Waals surface area (Å²) in [6.07, 6.45) is 0.116. The third-order valence-electron chi connectivity index (χ3n) is 5.06. The van der Waals surface area contributed by atoms with Crippen molar-refractivity contribution >= 4 is 24.0 Å². The fraction of sp³-hybridized carbons (Fsp3) is 0.120. The number of hydrogen-bond donors (Lipinski definition) is 2. The molecule has 0 aliphatic heterocycles. The maximum absolute atomic E-state index is 12.8. The van der Waals surface area contributed by atoms with Crippen molar-refractivity contribution in [2.75, 3.05) is 7.11 Å². The van der Waals surface area contributed by atoms with E-state index in [1.165, 1.54) is 0 Å². The smallest absolute Gasteiger partial charge is 0.260 e. The Bertz CT molecular complexity index is 1330. The average Bonchev–Trinajstić information content (AvgIpc) is 3.19. The number of para-hydroxylation sites is 1. The molecular weight excluding hydrogens is 450 g/mol. The van der Waals surface area contributed by atoms with Gasteiger partial charge in [-0.1, -0.05) is 60.7 Å². The van der Waals surface area contributed by atoms with E-state index in [1.807, 2.05) is 60.7 Å². The summed E-state index contributed by atoms with van der Waals surface area (Å²) in [5.41, 5.74) is 7.34. The second-order valence-corrected chi connectivity index (χ2v) is 7.78. The van der Waals surface area contributed by atoms with Crippen LogP contribution in [0.3, 0.4) is 0 Å². The number of carbonyl (C=O) groups is 2. The van der Waals surface area contributed by atoms with E-state index in [1.54, 1.807) is 40.7 Å². The molecule has 4 aromatic rings. The molecule has 0 radical (unpaired) electrons. The highest BCUT2D eigenvalue weighted by molar-refractivity contribution is 7.71. The van der Waals surface area contributed by atoms with Gasteiger partial charge in [-0.2, -0.15) is 4.98 Å². The zero-order valence-electron chi connectivity index (χ0n) is 18.5.